The first-order chi connectivity index (χ1) is 9.66. The molecular weight excluding hydrogens is 299 g/mol. The quantitative estimate of drug-likeness (QED) is 0.821. The van der Waals surface area contributed by atoms with E-state index in [1.807, 2.05) is 4.72 Å². The van der Waals surface area contributed by atoms with Crippen LogP contribution in [0.25, 0.3) is 0 Å². The van der Waals surface area contributed by atoms with E-state index < -0.39 is 39.5 Å². The lowest BCUT2D eigenvalue weighted by atomic mass is 10.1. The summed E-state index contributed by atoms with van der Waals surface area (Å²) in [5.41, 5.74) is -0.0605. The lowest BCUT2D eigenvalue weighted by molar-refractivity contribution is -0.140. The van der Waals surface area contributed by atoms with Gasteiger partial charge in [0, 0.05) is 5.56 Å². The average Bonchev–Trinajstić information content (AvgIpc) is 2.38. The van der Waals surface area contributed by atoms with E-state index in [1.54, 1.807) is 19.9 Å². The van der Waals surface area contributed by atoms with Gasteiger partial charge in [0.05, 0.1) is 17.4 Å². The third kappa shape index (κ3) is 4.81. The second kappa shape index (κ2) is 6.65. The topological polar surface area (TPSA) is 107 Å². The van der Waals surface area contributed by atoms with Gasteiger partial charge in [0.2, 0.25) is 10.0 Å². The van der Waals surface area contributed by atoms with Crippen molar-refractivity contribution in [2.75, 3.05) is 0 Å². The number of nitriles is 1. The Labute approximate surface area is 122 Å². The number of nitrogens with zero attached hydrogens (tertiary/aromatic N) is 1. The first-order valence-corrected chi connectivity index (χ1v) is 7.73. The Hall–Kier alpha value is -1.98. The number of rotatable bonds is 6. The molecule has 0 amide bonds. The number of aliphatic carboxylic acids is 1. The van der Waals surface area contributed by atoms with Crippen molar-refractivity contribution >= 4 is 16.0 Å². The largest absolute Gasteiger partial charge is 0.480 e. The van der Waals surface area contributed by atoms with E-state index in [2.05, 4.69) is 0 Å². The van der Waals surface area contributed by atoms with Crippen LogP contribution in [0.2, 0.25) is 0 Å². The molecule has 114 valence electrons. The number of nitrogens with one attached hydrogen (secondary N) is 1. The van der Waals surface area contributed by atoms with Gasteiger partial charge in [-0.3, -0.25) is 4.79 Å². The fourth-order valence-electron chi connectivity index (χ4n) is 1.67. The van der Waals surface area contributed by atoms with Crippen LogP contribution >= 0.6 is 0 Å². The fraction of sp³-hybridized carbons (Fsp3) is 0.385. The van der Waals surface area contributed by atoms with Crippen LogP contribution in [0.5, 0.6) is 0 Å². The molecule has 1 aromatic carbocycles. The van der Waals surface area contributed by atoms with Gasteiger partial charge in [-0.15, -0.1) is 0 Å². The van der Waals surface area contributed by atoms with Crippen LogP contribution in [0.4, 0.5) is 4.39 Å². The van der Waals surface area contributed by atoms with Crippen molar-refractivity contribution < 1.29 is 22.7 Å². The SMILES string of the molecule is CC(C)[C@H](NS(=O)(=O)Cc1cc(C#N)ccc1F)C(=O)O. The monoisotopic (exact) mass is 314 g/mol. The summed E-state index contributed by atoms with van der Waals surface area (Å²) in [5, 5.41) is 17.7. The van der Waals surface area contributed by atoms with Gasteiger partial charge in [-0.05, 0) is 24.1 Å². The van der Waals surface area contributed by atoms with Gasteiger partial charge in [0.15, 0.2) is 0 Å². The number of sulfonamides is 1. The normalized spacial score (nSPS) is 12.9. The minimum Gasteiger partial charge on any atom is -0.480 e. The van der Waals surface area contributed by atoms with Crippen LogP contribution in [0, 0.1) is 23.1 Å². The van der Waals surface area contributed by atoms with Gasteiger partial charge in [-0.25, -0.2) is 17.5 Å². The highest BCUT2D eigenvalue weighted by molar-refractivity contribution is 7.88. The molecule has 1 rings (SSSR count). The highest BCUT2D eigenvalue weighted by Crippen LogP contribution is 2.14. The fourth-order valence-corrected chi connectivity index (χ4v) is 3.14. The molecule has 0 spiro atoms. The highest BCUT2D eigenvalue weighted by Gasteiger charge is 2.27. The lowest BCUT2D eigenvalue weighted by Gasteiger charge is -2.18. The summed E-state index contributed by atoms with van der Waals surface area (Å²) in [6.45, 7) is 3.11. The predicted octanol–water partition coefficient (Wildman–Crippen LogP) is 1.23. The average molecular weight is 314 g/mol. The van der Waals surface area contributed by atoms with Crippen molar-refractivity contribution in [2.24, 2.45) is 5.92 Å². The summed E-state index contributed by atoms with van der Waals surface area (Å²) in [7, 11) is -4.05. The predicted molar refractivity (Wildman–Crippen MR) is 73.1 cm³/mol. The van der Waals surface area contributed by atoms with E-state index in [0.717, 1.165) is 12.1 Å². The van der Waals surface area contributed by atoms with Gasteiger partial charge in [-0.2, -0.15) is 5.26 Å². The Morgan fingerprint density at radius 3 is 2.57 bits per heavy atom. The second-order valence-electron chi connectivity index (χ2n) is 4.85. The van der Waals surface area contributed by atoms with Crippen molar-refractivity contribution in [3.8, 4) is 6.07 Å². The first kappa shape index (κ1) is 17.1. The molecule has 0 aliphatic heterocycles. The molecule has 2 N–H and O–H groups in total. The molecule has 0 radical (unpaired) electrons. The Morgan fingerprint density at radius 2 is 2.10 bits per heavy atom. The van der Waals surface area contributed by atoms with Crippen molar-refractivity contribution in [3.05, 3.63) is 35.1 Å². The molecule has 21 heavy (non-hydrogen) atoms. The Bertz CT molecular complexity index is 680. The summed E-state index contributed by atoms with van der Waals surface area (Å²) in [6, 6.07) is 3.84. The molecule has 1 atom stereocenters. The number of benzene rings is 1. The van der Waals surface area contributed by atoms with E-state index in [0.29, 0.717) is 0 Å². The molecule has 0 saturated carbocycles. The summed E-state index contributed by atoms with van der Waals surface area (Å²) in [4.78, 5) is 11.0. The summed E-state index contributed by atoms with van der Waals surface area (Å²) < 4.78 is 39.5. The van der Waals surface area contributed by atoms with Gasteiger partial charge in [0.25, 0.3) is 0 Å². The number of carboxylic acid groups (broad SMARTS) is 1. The van der Waals surface area contributed by atoms with Gasteiger partial charge >= 0.3 is 5.97 Å². The molecule has 8 heteroatoms. The summed E-state index contributed by atoms with van der Waals surface area (Å²) in [6.07, 6.45) is 0. The molecule has 0 fully saturated rings. The molecular formula is C13H15FN2O4S. The zero-order chi connectivity index (χ0) is 16.2. The molecule has 0 aliphatic rings. The van der Waals surface area contributed by atoms with Crippen LogP contribution in [0.15, 0.2) is 18.2 Å². The van der Waals surface area contributed by atoms with Crippen LogP contribution in [0.3, 0.4) is 0 Å². The summed E-state index contributed by atoms with van der Waals surface area (Å²) >= 11 is 0. The van der Waals surface area contributed by atoms with Crippen LogP contribution in [-0.2, 0) is 20.6 Å². The lowest BCUT2D eigenvalue weighted by Crippen LogP contribution is -2.44. The van der Waals surface area contributed by atoms with Gasteiger partial charge < -0.3 is 5.11 Å². The van der Waals surface area contributed by atoms with E-state index in [1.165, 1.54) is 6.07 Å². The molecule has 0 unspecified atom stereocenters. The van der Waals surface area contributed by atoms with Gasteiger partial charge in [-0.1, -0.05) is 13.8 Å². The van der Waals surface area contributed by atoms with Crippen molar-refractivity contribution in [1.29, 1.82) is 5.26 Å². The van der Waals surface area contributed by atoms with Crippen molar-refractivity contribution in [2.45, 2.75) is 25.6 Å². The smallest absolute Gasteiger partial charge is 0.321 e. The van der Waals surface area contributed by atoms with Crippen molar-refractivity contribution in [1.82, 2.24) is 4.72 Å². The van der Waals surface area contributed by atoms with Crippen LogP contribution < -0.4 is 4.72 Å². The second-order valence-corrected chi connectivity index (χ2v) is 6.61. The van der Waals surface area contributed by atoms with E-state index in [4.69, 9.17) is 10.4 Å². The van der Waals surface area contributed by atoms with E-state index in [-0.39, 0.29) is 11.1 Å². The van der Waals surface area contributed by atoms with E-state index >= 15 is 0 Å². The first-order valence-electron chi connectivity index (χ1n) is 6.07. The molecule has 0 heterocycles. The maximum absolute atomic E-state index is 13.6. The molecule has 0 aliphatic carbocycles. The van der Waals surface area contributed by atoms with Gasteiger partial charge in [0.1, 0.15) is 11.9 Å². The van der Waals surface area contributed by atoms with Crippen LogP contribution in [-0.4, -0.2) is 25.5 Å². The standard InChI is InChI=1S/C13H15FN2O4S/c1-8(2)12(13(17)18)16-21(19,20)7-10-5-9(6-15)3-4-11(10)14/h3-5,8,12,16H,7H2,1-2H3,(H,17,18)/t12-/m0/s1. The molecule has 6 nitrogen and oxygen atoms in total. The van der Waals surface area contributed by atoms with Crippen LogP contribution in [0.1, 0.15) is 25.0 Å². The zero-order valence-electron chi connectivity index (χ0n) is 11.5. The van der Waals surface area contributed by atoms with E-state index in [9.17, 15) is 17.6 Å². The molecule has 1 aromatic rings. The molecule has 0 saturated heterocycles. The maximum atomic E-state index is 13.6. The summed E-state index contributed by atoms with van der Waals surface area (Å²) in [5.74, 6) is -3.27. The third-order valence-corrected chi connectivity index (χ3v) is 4.06. The highest BCUT2D eigenvalue weighted by atomic mass is 32.2. The Balaban J connectivity index is 3.01. The Morgan fingerprint density at radius 1 is 1.48 bits per heavy atom. The maximum Gasteiger partial charge on any atom is 0.321 e. The number of carbonyl (C=O) groups is 1. The minimum atomic E-state index is -4.05. The number of hydrogen-bond donors (Lipinski definition) is 2. The minimum absolute atomic E-state index is 0.125. The molecule has 0 bridgehead atoms. The number of hydrogen-bond acceptors (Lipinski definition) is 4. The van der Waals surface area contributed by atoms with Crippen molar-refractivity contribution in [3.63, 3.8) is 0 Å². The number of halogens is 1. The zero-order valence-corrected chi connectivity index (χ0v) is 12.3. The molecule has 0 aromatic heterocycles. The third-order valence-electron chi connectivity index (χ3n) is 2.76. The number of carboxylic acids is 1. The Kier molecular flexibility index (Phi) is 5.41.